The maximum atomic E-state index is 12.2. The van der Waals surface area contributed by atoms with Crippen LogP contribution in [0.15, 0.2) is 12.1 Å². The molecule has 0 aromatic heterocycles. The quantitative estimate of drug-likeness (QED) is 0.817. The summed E-state index contributed by atoms with van der Waals surface area (Å²) in [6, 6.07) is 3.75. The van der Waals surface area contributed by atoms with E-state index in [1.165, 1.54) is 0 Å². The normalized spacial score (nSPS) is 10.7. The molecule has 0 fully saturated rings. The van der Waals surface area contributed by atoms with Crippen LogP contribution in [-0.4, -0.2) is 24.4 Å². The number of carbonyl (C=O) groups is 1. The minimum Gasteiger partial charge on any atom is -0.398 e. The number of benzene rings is 1. The van der Waals surface area contributed by atoms with Gasteiger partial charge < -0.3 is 10.6 Å². The summed E-state index contributed by atoms with van der Waals surface area (Å²) in [6.07, 6.45) is 0. The summed E-state index contributed by atoms with van der Waals surface area (Å²) in [5, 5.41) is 0. The largest absolute Gasteiger partial charge is 0.398 e. The van der Waals surface area contributed by atoms with Gasteiger partial charge in [-0.25, -0.2) is 0 Å². The standard InChI is InChI=1S/C14H22N2O/c1-9(2)8-16(5)14(17)12-7-13(15)11(4)6-10(12)3/h6-7,9H,8,15H2,1-5H3. The number of rotatable bonds is 3. The Morgan fingerprint density at radius 2 is 1.88 bits per heavy atom. The van der Waals surface area contributed by atoms with Crippen molar-refractivity contribution in [3.05, 3.63) is 28.8 Å². The molecule has 1 rings (SSSR count). The summed E-state index contributed by atoms with van der Waals surface area (Å²) < 4.78 is 0. The molecule has 1 aromatic rings. The second-order valence-corrected chi connectivity index (χ2v) is 5.10. The zero-order valence-corrected chi connectivity index (χ0v) is 11.4. The molecule has 0 radical (unpaired) electrons. The minimum absolute atomic E-state index is 0.0444. The molecule has 0 saturated carbocycles. The summed E-state index contributed by atoms with van der Waals surface area (Å²) in [5.74, 6) is 0.509. The molecule has 0 aliphatic heterocycles. The lowest BCUT2D eigenvalue weighted by molar-refractivity contribution is 0.0778. The lowest BCUT2D eigenvalue weighted by atomic mass is 10.0. The molecule has 17 heavy (non-hydrogen) atoms. The van der Waals surface area contributed by atoms with Gasteiger partial charge >= 0.3 is 0 Å². The first-order valence-corrected chi connectivity index (χ1v) is 5.95. The lowest BCUT2D eigenvalue weighted by Crippen LogP contribution is -2.30. The van der Waals surface area contributed by atoms with Crippen molar-refractivity contribution in [3.8, 4) is 0 Å². The second-order valence-electron chi connectivity index (χ2n) is 5.10. The SMILES string of the molecule is Cc1cc(C)c(C(=O)N(C)CC(C)C)cc1N. The van der Waals surface area contributed by atoms with Crippen molar-refractivity contribution >= 4 is 11.6 Å². The molecule has 3 heteroatoms. The molecule has 1 amide bonds. The van der Waals surface area contributed by atoms with E-state index in [2.05, 4.69) is 13.8 Å². The number of nitrogens with two attached hydrogens (primary N) is 1. The first-order valence-electron chi connectivity index (χ1n) is 5.95. The molecule has 1 aromatic carbocycles. The third-order valence-corrected chi connectivity index (χ3v) is 2.83. The van der Waals surface area contributed by atoms with Gasteiger partial charge in [0, 0.05) is 24.8 Å². The van der Waals surface area contributed by atoms with E-state index < -0.39 is 0 Å². The van der Waals surface area contributed by atoms with E-state index in [1.807, 2.05) is 27.0 Å². The van der Waals surface area contributed by atoms with Gasteiger partial charge in [0.2, 0.25) is 0 Å². The van der Waals surface area contributed by atoms with Crippen LogP contribution in [0.4, 0.5) is 5.69 Å². The number of hydrogen-bond donors (Lipinski definition) is 1. The van der Waals surface area contributed by atoms with Gasteiger partial charge in [-0.2, -0.15) is 0 Å². The summed E-state index contributed by atoms with van der Waals surface area (Å²) in [7, 11) is 1.83. The smallest absolute Gasteiger partial charge is 0.253 e. The van der Waals surface area contributed by atoms with Crippen LogP contribution in [0.3, 0.4) is 0 Å². The van der Waals surface area contributed by atoms with Gasteiger partial charge in [0.25, 0.3) is 5.91 Å². The molecule has 2 N–H and O–H groups in total. The predicted molar refractivity (Wildman–Crippen MR) is 72.1 cm³/mol. The lowest BCUT2D eigenvalue weighted by Gasteiger charge is -2.21. The van der Waals surface area contributed by atoms with Gasteiger partial charge in [-0.1, -0.05) is 19.9 Å². The Morgan fingerprint density at radius 3 is 2.41 bits per heavy atom. The molecular formula is C14H22N2O. The monoisotopic (exact) mass is 234 g/mol. The molecule has 0 spiro atoms. The number of anilines is 1. The van der Waals surface area contributed by atoms with Crippen LogP contribution >= 0.6 is 0 Å². The third-order valence-electron chi connectivity index (χ3n) is 2.83. The summed E-state index contributed by atoms with van der Waals surface area (Å²) >= 11 is 0. The third kappa shape index (κ3) is 3.22. The first kappa shape index (κ1) is 13.6. The number of amides is 1. The van der Waals surface area contributed by atoms with Crippen LogP contribution in [-0.2, 0) is 0 Å². The van der Waals surface area contributed by atoms with Crippen molar-refractivity contribution in [1.82, 2.24) is 4.90 Å². The van der Waals surface area contributed by atoms with Crippen molar-refractivity contribution in [1.29, 1.82) is 0 Å². The number of nitrogen functional groups attached to an aromatic ring is 1. The van der Waals surface area contributed by atoms with Crippen LogP contribution in [0.1, 0.15) is 35.3 Å². The number of aryl methyl sites for hydroxylation is 2. The topological polar surface area (TPSA) is 46.3 Å². The van der Waals surface area contributed by atoms with Crippen LogP contribution in [0, 0.1) is 19.8 Å². The van der Waals surface area contributed by atoms with Gasteiger partial charge in [0.15, 0.2) is 0 Å². The Morgan fingerprint density at radius 1 is 1.29 bits per heavy atom. The van der Waals surface area contributed by atoms with E-state index in [1.54, 1.807) is 11.0 Å². The fraction of sp³-hybridized carbons (Fsp3) is 0.500. The highest BCUT2D eigenvalue weighted by atomic mass is 16.2. The first-order chi connectivity index (χ1) is 7.82. The van der Waals surface area contributed by atoms with Gasteiger partial charge in [-0.15, -0.1) is 0 Å². The zero-order valence-electron chi connectivity index (χ0n) is 11.4. The van der Waals surface area contributed by atoms with Crippen molar-refractivity contribution in [2.75, 3.05) is 19.3 Å². The van der Waals surface area contributed by atoms with Gasteiger partial charge in [0.05, 0.1) is 0 Å². The molecular weight excluding hydrogens is 212 g/mol. The van der Waals surface area contributed by atoms with Crippen LogP contribution < -0.4 is 5.73 Å². The Labute approximate surface area is 104 Å². The summed E-state index contributed by atoms with van der Waals surface area (Å²) in [6.45, 7) is 8.85. The Kier molecular flexibility index (Phi) is 4.16. The molecule has 0 saturated heterocycles. The number of carbonyl (C=O) groups excluding carboxylic acids is 1. The predicted octanol–water partition coefficient (Wildman–Crippen LogP) is 2.61. The Hall–Kier alpha value is -1.51. The molecule has 3 nitrogen and oxygen atoms in total. The van der Waals surface area contributed by atoms with Gasteiger partial charge in [0.1, 0.15) is 0 Å². The van der Waals surface area contributed by atoms with Gasteiger partial charge in [-0.05, 0) is 37.0 Å². The van der Waals surface area contributed by atoms with Crippen LogP contribution in [0.5, 0.6) is 0 Å². The summed E-state index contributed by atoms with van der Waals surface area (Å²) in [5.41, 5.74) is 9.24. The second kappa shape index (κ2) is 5.21. The van der Waals surface area contributed by atoms with Crippen LogP contribution in [0.25, 0.3) is 0 Å². The molecule has 0 aliphatic carbocycles. The van der Waals surface area contributed by atoms with Crippen molar-refractivity contribution in [3.63, 3.8) is 0 Å². The van der Waals surface area contributed by atoms with E-state index in [0.29, 0.717) is 17.2 Å². The van der Waals surface area contributed by atoms with E-state index >= 15 is 0 Å². The fourth-order valence-corrected chi connectivity index (χ4v) is 1.94. The average molecular weight is 234 g/mol. The average Bonchev–Trinajstić information content (AvgIpc) is 2.21. The van der Waals surface area contributed by atoms with E-state index in [0.717, 1.165) is 17.7 Å². The molecule has 0 atom stereocenters. The highest BCUT2D eigenvalue weighted by Crippen LogP contribution is 2.19. The Balaban J connectivity index is 3.00. The van der Waals surface area contributed by atoms with Crippen molar-refractivity contribution < 1.29 is 4.79 Å². The highest BCUT2D eigenvalue weighted by molar-refractivity contribution is 5.96. The molecule has 0 heterocycles. The van der Waals surface area contributed by atoms with E-state index in [4.69, 9.17) is 5.73 Å². The van der Waals surface area contributed by atoms with Gasteiger partial charge in [-0.3, -0.25) is 4.79 Å². The van der Waals surface area contributed by atoms with Crippen molar-refractivity contribution in [2.45, 2.75) is 27.7 Å². The number of nitrogens with zero attached hydrogens (tertiary/aromatic N) is 1. The maximum Gasteiger partial charge on any atom is 0.253 e. The summed E-state index contributed by atoms with van der Waals surface area (Å²) in [4.78, 5) is 14.0. The highest BCUT2D eigenvalue weighted by Gasteiger charge is 2.15. The van der Waals surface area contributed by atoms with Crippen LogP contribution in [0.2, 0.25) is 0 Å². The van der Waals surface area contributed by atoms with E-state index in [-0.39, 0.29) is 5.91 Å². The zero-order chi connectivity index (χ0) is 13.2. The molecule has 0 unspecified atom stereocenters. The molecule has 94 valence electrons. The molecule has 0 aliphatic rings. The fourth-order valence-electron chi connectivity index (χ4n) is 1.94. The number of hydrogen-bond acceptors (Lipinski definition) is 2. The Bertz CT molecular complexity index is 424. The maximum absolute atomic E-state index is 12.2. The minimum atomic E-state index is 0.0444. The van der Waals surface area contributed by atoms with Crippen molar-refractivity contribution in [2.24, 2.45) is 5.92 Å². The van der Waals surface area contributed by atoms with E-state index in [9.17, 15) is 4.79 Å². The molecule has 0 bridgehead atoms.